The summed E-state index contributed by atoms with van der Waals surface area (Å²) in [6.45, 7) is 8.02. The standard InChI is InChI=1S/C15H18BrN3O2/c1-5-21-15(20)13-10(4)14(19(18-13)9(2)3)11-7-6-8-12(16)17-11/h6-9H,5H2,1-4H3. The fraction of sp³-hybridized carbons (Fsp3) is 0.400. The Morgan fingerprint density at radius 3 is 2.71 bits per heavy atom. The minimum atomic E-state index is -0.398. The highest BCUT2D eigenvalue weighted by Crippen LogP contribution is 2.28. The zero-order valence-corrected chi connectivity index (χ0v) is 14.1. The number of esters is 1. The largest absolute Gasteiger partial charge is 0.461 e. The molecule has 0 saturated carbocycles. The van der Waals surface area contributed by atoms with Gasteiger partial charge in [-0.3, -0.25) is 4.68 Å². The number of ether oxygens (including phenoxy) is 1. The van der Waals surface area contributed by atoms with E-state index >= 15 is 0 Å². The highest BCUT2D eigenvalue weighted by Gasteiger charge is 2.23. The Morgan fingerprint density at radius 2 is 2.14 bits per heavy atom. The van der Waals surface area contributed by atoms with Gasteiger partial charge in [-0.25, -0.2) is 9.78 Å². The molecule has 21 heavy (non-hydrogen) atoms. The van der Waals surface area contributed by atoms with Gasteiger partial charge in [-0.1, -0.05) is 6.07 Å². The number of carbonyl (C=O) groups excluding carboxylic acids is 1. The number of nitrogens with zero attached hydrogens (tertiary/aromatic N) is 3. The SMILES string of the molecule is CCOC(=O)c1nn(C(C)C)c(-c2cccc(Br)n2)c1C. The molecular weight excluding hydrogens is 334 g/mol. The van der Waals surface area contributed by atoms with Crippen LogP contribution < -0.4 is 0 Å². The van der Waals surface area contributed by atoms with Crippen molar-refractivity contribution in [2.45, 2.75) is 33.7 Å². The molecule has 0 spiro atoms. The van der Waals surface area contributed by atoms with Gasteiger partial charge in [0, 0.05) is 11.6 Å². The van der Waals surface area contributed by atoms with Crippen LogP contribution in [0, 0.1) is 6.92 Å². The van der Waals surface area contributed by atoms with Crippen LogP contribution >= 0.6 is 15.9 Å². The molecule has 6 heteroatoms. The predicted octanol–water partition coefficient (Wildman–Crippen LogP) is 3.77. The molecule has 0 bridgehead atoms. The molecule has 0 unspecified atom stereocenters. The first-order chi connectivity index (χ1) is 9.95. The second-order valence-electron chi connectivity index (χ2n) is 4.93. The summed E-state index contributed by atoms with van der Waals surface area (Å²) in [4.78, 5) is 16.5. The number of halogens is 1. The third kappa shape index (κ3) is 3.15. The Bertz CT molecular complexity index is 665. The Hall–Kier alpha value is -1.69. The van der Waals surface area contributed by atoms with E-state index in [1.807, 2.05) is 43.7 Å². The maximum absolute atomic E-state index is 12.0. The van der Waals surface area contributed by atoms with Crippen molar-refractivity contribution in [3.63, 3.8) is 0 Å². The number of aromatic nitrogens is 3. The van der Waals surface area contributed by atoms with E-state index in [4.69, 9.17) is 4.74 Å². The average Bonchev–Trinajstić information content (AvgIpc) is 2.77. The number of rotatable bonds is 4. The second kappa shape index (κ2) is 6.39. The van der Waals surface area contributed by atoms with Gasteiger partial charge in [0.2, 0.25) is 0 Å². The zero-order valence-electron chi connectivity index (χ0n) is 12.6. The molecule has 0 aliphatic carbocycles. The number of hydrogen-bond donors (Lipinski definition) is 0. The van der Waals surface area contributed by atoms with Crippen LogP contribution in [0.3, 0.4) is 0 Å². The molecule has 2 aromatic rings. The molecule has 0 radical (unpaired) electrons. The Labute approximate surface area is 132 Å². The first-order valence-electron chi connectivity index (χ1n) is 6.84. The molecule has 0 aromatic carbocycles. The van der Waals surface area contributed by atoms with Gasteiger partial charge in [-0.15, -0.1) is 0 Å². The smallest absolute Gasteiger partial charge is 0.359 e. The van der Waals surface area contributed by atoms with Crippen LogP contribution in [0.5, 0.6) is 0 Å². The van der Waals surface area contributed by atoms with Crippen LogP contribution in [0.2, 0.25) is 0 Å². The van der Waals surface area contributed by atoms with E-state index in [1.165, 1.54) is 0 Å². The van der Waals surface area contributed by atoms with Gasteiger partial charge < -0.3 is 4.74 Å². The average molecular weight is 352 g/mol. The summed E-state index contributed by atoms with van der Waals surface area (Å²) < 4.78 is 7.63. The molecule has 112 valence electrons. The van der Waals surface area contributed by atoms with Gasteiger partial charge in [0.1, 0.15) is 4.60 Å². The van der Waals surface area contributed by atoms with Crippen molar-refractivity contribution in [3.8, 4) is 11.4 Å². The minimum absolute atomic E-state index is 0.114. The Morgan fingerprint density at radius 1 is 1.43 bits per heavy atom. The number of pyridine rings is 1. The van der Waals surface area contributed by atoms with Gasteiger partial charge in [0.05, 0.1) is 18.0 Å². The quantitative estimate of drug-likeness (QED) is 0.621. The Kier molecular flexibility index (Phi) is 4.77. The maximum Gasteiger partial charge on any atom is 0.359 e. The molecule has 0 atom stereocenters. The van der Waals surface area contributed by atoms with Gasteiger partial charge in [0.25, 0.3) is 0 Å². The maximum atomic E-state index is 12.0. The van der Waals surface area contributed by atoms with Crippen molar-refractivity contribution in [2.24, 2.45) is 0 Å². The molecule has 0 amide bonds. The van der Waals surface area contributed by atoms with Crippen LogP contribution in [0.25, 0.3) is 11.4 Å². The van der Waals surface area contributed by atoms with Crippen molar-refractivity contribution in [2.75, 3.05) is 6.61 Å². The van der Waals surface area contributed by atoms with Gasteiger partial charge in [-0.2, -0.15) is 5.10 Å². The highest BCUT2D eigenvalue weighted by molar-refractivity contribution is 9.10. The van der Waals surface area contributed by atoms with Crippen molar-refractivity contribution in [1.82, 2.24) is 14.8 Å². The lowest BCUT2D eigenvalue weighted by Crippen LogP contribution is -2.09. The van der Waals surface area contributed by atoms with E-state index in [1.54, 1.807) is 6.92 Å². The van der Waals surface area contributed by atoms with Gasteiger partial charge in [0.15, 0.2) is 5.69 Å². The molecule has 0 aliphatic rings. The molecule has 0 fully saturated rings. The third-order valence-electron chi connectivity index (χ3n) is 3.06. The van der Waals surface area contributed by atoms with Gasteiger partial charge in [-0.05, 0) is 55.8 Å². The number of carbonyl (C=O) groups is 1. The van der Waals surface area contributed by atoms with Crippen molar-refractivity contribution in [1.29, 1.82) is 0 Å². The molecule has 0 saturated heterocycles. The van der Waals surface area contributed by atoms with Crippen LogP contribution in [0.4, 0.5) is 0 Å². The van der Waals surface area contributed by atoms with Crippen LogP contribution in [0.1, 0.15) is 42.9 Å². The second-order valence-corrected chi connectivity index (χ2v) is 5.74. The molecule has 2 aromatic heterocycles. The van der Waals surface area contributed by atoms with Crippen LogP contribution in [0.15, 0.2) is 22.8 Å². The topological polar surface area (TPSA) is 57.0 Å². The molecule has 5 nitrogen and oxygen atoms in total. The minimum Gasteiger partial charge on any atom is -0.461 e. The van der Waals surface area contributed by atoms with Crippen molar-refractivity contribution >= 4 is 21.9 Å². The summed E-state index contributed by atoms with van der Waals surface area (Å²) >= 11 is 3.37. The molecule has 2 heterocycles. The number of hydrogen-bond acceptors (Lipinski definition) is 4. The summed E-state index contributed by atoms with van der Waals surface area (Å²) in [5.41, 5.74) is 2.75. The summed E-state index contributed by atoms with van der Waals surface area (Å²) in [5, 5.41) is 4.42. The lowest BCUT2D eigenvalue weighted by Gasteiger charge is -2.11. The molecular formula is C15H18BrN3O2. The Balaban J connectivity index is 2.61. The van der Waals surface area contributed by atoms with Crippen molar-refractivity contribution < 1.29 is 9.53 Å². The molecule has 2 rings (SSSR count). The van der Waals surface area contributed by atoms with Crippen LogP contribution in [-0.2, 0) is 4.74 Å². The monoisotopic (exact) mass is 351 g/mol. The van der Waals surface area contributed by atoms with E-state index < -0.39 is 5.97 Å². The summed E-state index contributed by atoms with van der Waals surface area (Å²) in [6, 6.07) is 5.79. The fourth-order valence-electron chi connectivity index (χ4n) is 2.13. The zero-order chi connectivity index (χ0) is 15.6. The lowest BCUT2D eigenvalue weighted by molar-refractivity contribution is 0.0517. The van der Waals surface area contributed by atoms with E-state index in [9.17, 15) is 4.79 Å². The summed E-state index contributed by atoms with van der Waals surface area (Å²) in [7, 11) is 0. The first kappa shape index (κ1) is 15.7. The van der Waals surface area contributed by atoms with E-state index in [0.29, 0.717) is 12.3 Å². The predicted molar refractivity (Wildman–Crippen MR) is 84.2 cm³/mol. The third-order valence-corrected chi connectivity index (χ3v) is 3.50. The summed E-state index contributed by atoms with van der Waals surface area (Å²) in [5.74, 6) is -0.398. The van der Waals surface area contributed by atoms with E-state index in [2.05, 4.69) is 26.0 Å². The summed E-state index contributed by atoms with van der Waals surface area (Å²) in [6.07, 6.45) is 0. The van der Waals surface area contributed by atoms with Crippen LogP contribution in [-0.4, -0.2) is 27.3 Å². The lowest BCUT2D eigenvalue weighted by atomic mass is 10.1. The van der Waals surface area contributed by atoms with Crippen molar-refractivity contribution in [3.05, 3.63) is 34.1 Å². The highest BCUT2D eigenvalue weighted by atomic mass is 79.9. The molecule has 0 N–H and O–H groups in total. The molecule has 0 aliphatic heterocycles. The van der Waals surface area contributed by atoms with Gasteiger partial charge >= 0.3 is 5.97 Å². The first-order valence-corrected chi connectivity index (χ1v) is 7.64. The van der Waals surface area contributed by atoms with E-state index in [-0.39, 0.29) is 6.04 Å². The van der Waals surface area contributed by atoms with E-state index in [0.717, 1.165) is 21.6 Å². The fourth-order valence-corrected chi connectivity index (χ4v) is 2.48. The normalized spacial score (nSPS) is 11.0.